The standard InChI is InChI=1S/C15H23BrN2O4/c1-4-21-13-8-11(16)12(9-14(13)22-5-2)18-15(19)10-17-6-7-20-3/h8-9,17H,4-7,10H2,1-3H3,(H,18,19). The maximum atomic E-state index is 11.9. The zero-order valence-electron chi connectivity index (χ0n) is 13.2. The Hall–Kier alpha value is -1.31. The number of hydrogen-bond donors (Lipinski definition) is 2. The van der Waals surface area contributed by atoms with Crippen LogP contribution in [0, 0.1) is 0 Å². The van der Waals surface area contributed by atoms with Gasteiger partial charge in [-0.05, 0) is 29.8 Å². The summed E-state index contributed by atoms with van der Waals surface area (Å²) >= 11 is 3.43. The topological polar surface area (TPSA) is 68.8 Å². The van der Waals surface area contributed by atoms with Crippen LogP contribution in [0.3, 0.4) is 0 Å². The fourth-order valence-electron chi connectivity index (χ4n) is 1.74. The molecule has 0 saturated carbocycles. The SMILES string of the molecule is CCOc1cc(Br)c(NC(=O)CNCCOC)cc1OCC. The van der Waals surface area contributed by atoms with Crippen molar-refractivity contribution in [3.8, 4) is 11.5 Å². The number of nitrogens with one attached hydrogen (secondary N) is 2. The maximum absolute atomic E-state index is 11.9. The van der Waals surface area contributed by atoms with E-state index in [1.807, 2.05) is 13.8 Å². The predicted octanol–water partition coefficient (Wildman–Crippen LogP) is 2.42. The summed E-state index contributed by atoms with van der Waals surface area (Å²) in [4.78, 5) is 11.9. The largest absolute Gasteiger partial charge is 0.490 e. The molecule has 0 fully saturated rings. The molecule has 2 N–H and O–H groups in total. The van der Waals surface area contributed by atoms with E-state index in [9.17, 15) is 4.79 Å². The number of methoxy groups -OCH3 is 1. The van der Waals surface area contributed by atoms with Crippen LogP contribution in [0.4, 0.5) is 5.69 Å². The molecule has 0 aliphatic carbocycles. The van der Waals surface area contributed by atoms with E-state index in [1.54, 1.807) is 19.2 Å². The minimum atomic E-state index is -0.136. The van der Waals surface area contributed by atoms with Crippen LogP contribution < -0.4 is 20.1 Å². The van der Waals surface area contributed by atoms with Crippen LogP contribution in [0.1, 0.15) is 13.8 Å². The first kappa shape index (κ1) is 18.7. The number of ether oxygens (including phenoxy) is 3. The molecular weight excluding hydrogens is 352 g/mol. The van der Waals surface area contributed by atoms with Crippen LogP contribution >= 0.6 is 15.9 Å². The molecular formula is C15H23BrN2O4. The molecule has 0 aliphatic rings. The Morgan fingerprint density at radius 2 is 1.82 bits per heavy atom. The lowest BCUT2D eigenvalue weighted by Gasteiger charge is -2.15. The van der Waals surface area contributed by atoms with Gasteiger partial charge in [0.2, 0.25) is 5.91 Å². The number of benzene rings is 1. The summed E-state index contributed by atoms with van der Waals surface area (Å²) in [5.41, 5.74) is 0.644. The van der Waals surface area contributed by atoms with Gasteiger partial charge in [0.25, 0.3) is 0 Å². The van der Waals surface area contributed by atoms with Crippen molar-refractivity contribution in [3.05, 3.63) is 16.6 Å². The highest BCUT2D eigenvalue weighted by atomic mass is 79.9. The highest BCUT2D eigenvalue weighted by molar-refractivity contribution is 9.10. The van der Waals surface area contributed by atoms with Gasteiger partial charge in [0.1, 0.15) is 0 Å². The third-order valence-corrected chi connectivity index (χ3v) is 3.33. The summed E-state index contributed by atoms with van der Waals surface area (Å²) in [5, 5.41) is 5.82. The van der Waals surface area contributed by atoms with Crippen molar-refractivity contribution >= 4 is 27.5 Å². The molecule has 1 aromatic rings. The van der Waals surface area contributed by atoms with Crippen molar-refractivity contribution in [1.82, 2.24) is 5.32 Å². The molecule has 124 valence electrons. The van der Waals surface area contributed by atoms with Gasteiger partial charge in [-0.1, -0.05) is 0 Å². The molecule has 1 rings (SSSR count). The molecule has 0 heterocycles. The minimum absolute atomic E-state index is 0.136. The summed E-state index contributed by atoms with van der Waals surface area (Å²) < 4.78 is 16.7. The Morgan fingerprint density at radius 1 is 1.18 bits per heavy atom. The molecule has 0 aliphatic heterocycles. The molecule has 0 bridgehead atoms. The first-order valence-electron chi connectivity index (χ1n) is 7.21. The molecule has 0 radical (unpaired) electrons. The third-order valence-electron chi connectivity index (χ3n) is 2.68. The summed E-state index contributed by atoms with van der Waals surface area (Å²) in [5.74, 6) is 1.12. The Bertz CT molecular complexity index is 483. The van der Waals surface area contributed by atoms with E-state index >= 15 is 0 Å². The van der Waals surface area contributed by atoms with Crippen LogP contribution in [0.2, 0.25) is 0 Å². The number of anilines is 1. The third kappa shape index (κ3) is 6.21. The van der Waals surface area contributed by atoms with Gasteiger partial charge in [-0.2, -0.15) is 0 Å². The van der Waals surface area contributed by atoms with E-state index < -0.39 is 0 Å². The molecule has 0 atom stereocenters. The second-order valence-corrected chi connectivity index (χ2v) is 5.22. The molecule has 6 nitrogen and oxygen atoms in total. The number of carbonyl (C=O) groups is 1. The van der Waals surface area contributed by atoms with Gasteiger partial charge in [0, 0.05) is 30.3 Å². The lowest BCUT2D eigenvalue weighted by molar-refractivity contribution is -0.115. The number of hydrogen-bond acceptors (Lipinski definition) is 5. The smallest absolute Gasteiger partial charge is 0.238 e. The molecule has 0 aromatic heterocycles. The predicted molar refractivity (Wildman–Crippen MR) is 89.9 cm³/mol. The summed E-state index contributed by atoms with van der Waals surface area (Å²) in [6, 6.07) is 3.55. The second-order valence-electron chi connectivity index (χ2n) is 4.36. The first-order chi connectivity index (χ1) is 10.6. The van der Waals surface area contributed by atoms with E-state index in [4.69, 9.17) is 14.2 Å². The normalized spacial score (nSPS) is 10.4. The van der Waals surface area contributed by atoms with Crippen LogP contribution in [-0.4, -0.2) is 45.9 Å². The van der Waals surface area contributed by atoms with Crippen molar-refractivity contribution in [1.29, 1.82) is 0 Å². The quantitative estimate of drug-likeness (QED) is 0.615. The summed E-state index contributed by atoms with van der Waals surface area (Å²) in [6.45, 7) is 6.27. The Kier molecular flexibility index (Phi) is 8.88. The van der Waals surface area contributed by atoms with Crippen LogP contribution in [0.25, 0.3) is 0 Å². The molecule has 22 heavy (non-hydrogen) atoms. The molecule has 0 saturated heterocycles. The highest BCUT2D eigenvalue weighted by Crippen LogP contribution is 2.36. The fraction of sp³-hybridized carbons (Fsp3) is 0.533. The number of halogens is 1. The fourth-order valence-corrected chi connectivity index (χ4v) is 2.16. The summed E-state index contributed by atoms with van der Waals surface area (Å²) in [7, 11) is 1.62. The van der Waals surface area contributed by atoms with Crippen molar-refractivity contribution < 1.29 is 19.0 Å². The van der Waals surface area contributed by atoms with Crippen molar-refractivity contribution in [3.63, 3.8) is 0 Å². The van der Waals surface area contributed by atoms with Gasteiger partial charge in [0.05, 0.1) is 32.1 Å². The number of carbonyl (C=O) groups excluding carboxylic acids is 1. The van der Waals surface area contributed by atoms with Crippen LogP contribution in [0.5, 0.6) is 11.5 Å². The molecule has 7 heteroatoms. The van der Waals surface area contributed by atoms with E-state index in [-0.39, 0.29) is 12.5 Å². The van der Waals surface area contributed by atoms with Gasteiger partial charge >= 0.3 is 0 Å². The lowest BCUT2D eigenvalue weighted by Crippen LogP contribution is -2.30. The van der Waals surface area contributed by atoms with E-state index in [0.29, 0.717) is 43.6 Å². The van der Waals surface area contributed by atoms with Gasteiger partial charge in [-0.25, -0.2) is 0 Å². The van der Waals surface area contributed by atoms with Gasteiger partial charge in [-0.3, -0.25) is 4.79 Å². The van der Waals surface area contributed by atoms with Crippen LogP contribution in [-0.2, 0) is 9.53 Å². The minimum Gasteiger partial charge on any atom is -0.490 e. The van der Waals surface area contributed by atoms with Crippen molar-refractivity contribution in [2.75, 3.05) is 45.3 Å². The average Bonchev–Trinajstić information content (AvgIpc) is 2.49. The first-order valence-corrected chi connectivity index (χ1v) is 8.00. The van der Waals surface area contributed by atoms with Gasteiger partial charge in [-0.15, -0.1) is 0 Å². The Labute approximate surface area is 139 Å². The number of rotatable bonds is 10. The molecule has 0 spiro atoms. The number of amides is 1. The van der Waals surface area contributed by atoms with Crippen molar-refractivity contribution in [2.45, 2.75) is 13.8 Å². The van der Waals surface area contributed by atoms with E-state index in [2.05, 4.69) is 26.6 Å². The molecule has 1 aromatic carbocycles. The zero-order chi connectivity index (χ0) is 16.4. The Morgan fingerprint density at radius 3 is 2.41 bits per heavy atom. The average molecular weight is 375 g/mol. The highest BCUT2D eigenvalue weighted by Gasteiger charge is 2.12. The second kappa shape index (κ2) is 10.4. The summed E-state index contributed by atoms with van der Waals surface area (Å²) in [6.07, 6.45) is 0. The zero-order valence-corrected chi connectivity index (χ0v) is 14.8. The maximum Gasteiger partial charge on any atom is 0.238 e. The monoisotopic (exact) mass is 374 g/mol. The van der Waals surface area contributed by atoms with E-state index in [0.717, 1.165) is 4.47 Å². The van der Waals surface area contributed by atoms with Crippen molar-refractivity contribution in [2.24, 2.45) is 0 Å². The Balaban J connectivity index is 2.72. The van der Waals surface area contributed by atoms with Gasteiger partial charge in [0.15, 0.2) is 11.5 Å². The van der Waals surface area contributed by atoms with Gasteiger partial charge < -0.3 is 24.8 Å². The van der Waals surface area contributed by atoms with Crippen LogP contribution in [0.15, 0.2) is 16.6 Å². The lowest BCUT2D eigenvalue weighted by atomic mass is 10.2. The van der Waals surface area contributed by atoms with E-state index in [1.165, 1.54) is 0 Å². The molecule has 1 amide bonds. The molecule has 0 unspecified atom stereocenters.